The summed E-state index contributed by atoms with van der Waals surface area (Å²) in [6.07, 6.45) is 3.04. The van der Waals surface area contributed by atoms with E-state index in [0.717, 1.165) is 84.4 Å². The largest absolute Gasteiger partial charge is 0.473 e. The molecule has 0 atom stereocenters. The minimum Gasteiger partial charge on any atom is -0.473 e. The fourth-order valence-electron chi connectivity index (χ4n) is 7.38. The van der Waals surface area contributed by atoms with Crippen LogP contribution in [0.15, 0.2) is 91.0 Å². The van der Waals surface area contributed by atoms with Gasteiger partial charge in [0.15, 0.2) is 0 Å². The van der Waals surface area contributed by atoms with Crippen LogP contribution in [0, 0.1) is 5.92 Å². The Kier molecular flexibility index (Phi) is 10.7. The maximum absolute atomic E-state index is 12.5. The van der Waals surface area contributed by atoms with Gasteiger partial charge in [0.2, 0.25) is 11.8 Å². The third-order valence-corrected chi connectivity index (χ3v) is 10.4. The standard InChI is InChI=1S/C43H51N5O5/c1-42(2,3)53-41(49)48-23-19-31(20-24-48)28-47-25-21-43(50,22-26-47)34-15-16-35-37(27-34)46(4)45-39(35)36-17-18-38(51-29-32-11-7-5-8-12-32)44-40(36)52-30-33-13-9-6-10-14-33/h5-18,27,31,50H,19-26,28-30H2,1-4H3. The van der Waals surface area contributed by atoms with Crippen molar-refractivity contribution in [3.05, 3.63) is 108 Å². The highest BCUT2D eigenvalue weighted by Gasteiger charge is 2.36. The van der Waals surface area contributed by atoms with Gasteiger partial charge in [0.1, 0.15) is 24.5 Å². The van der Waals surface area contributed by atoms with Crippen LogP contribution in [0.3, 0.4) is 0 Å². The van der Waals surface area contributed by atoms with Crippen LogP contribution in [0.25, 0.3) is 22.2 Å². The van der Waals surface area contributed by atoms with E-state index in [2.05, 4.69) is 17.0 Å². The Hall–Kier alpha value is -4.93. The molecule has 0 radical (unpaired) electrons. The van der Waals surface area contributed by atoms with Crippen LogP contribution in [0.4, 0.5) is 4.79 Å². The molecule has 10 heteroatoms. The Bertz CT molecular complexity index is 1990. The monoisotopic (exact) mass is 717 g/mol. The van der Waals surface area contributed by atoms with E-state index in [9.17, 15) is 9.90 Å². The number of ether oxygens (including phenoxy) is 3. The van der Waals surface area contributed by atoms with Crippen molar-refractivity contribution in [3.63, 3.8) is 0 Å². The lowest BCUT2D eigenvalue weighted by Gasteiger charge is -2.41. The van der Waals surface area contributed by atoms with Crippen molar-refractivity contribution >= 4 is 17.0 Å². The number of benzene rings is 3. The van der Waals surface area contributed by atoms with E-state index in [0.29, 0.717) is 43.7 Å². The number of pyridine rings is 1. The van der Waals surface area contributed by atoms with Gasteiger partial charge < -0.3 is 29.1 Å². The van der Waals surface area contributed by atoms with Gasteiger partial charge in [-0.05, 0) is 81.2 Å². The van der Waals surface area contributed by atoms with Crippen molar-refractivity contribution in [1.82, 2.24) is 24.6 Å². The van der Waals surface area contributed by atoms with Crippen molar-refractivity contribution < 1.29 is 24.1 Å². The molecule has 7 rings (SSSR count). The number of aryl methyl sites for hydroxylation is 1. The van der Waals surface area contributed by atoms with E-state index in [4.69, 9.17) is 24.3 Å². The predicted octanol–water partition coefficient (Wildman–Crippen LogP) is 7.72. The fraction of sp³-hybridized carbons (Fsp3) is 0.419. The Labute approximate surface area is 312 Å². The first kappa shape index (κ1) is 36.4. The molecule has 53 heavy (non-hydrogen) atoms. The fourth-order valence-corrected chi connectivity index (χ4v) is 7.38. The minimum atomic E-state index is -0.918. The topological polar surface area (TPSA) is 102 Å². The summed E-state index contributed by atoms with van der Waals surface area (Å²) >= 11 is 0. The third-order valence-electron chi connectivity index (χ3n) is 10.4. The van der Waals surface area contributed by atoms with Gasteiger partial charge in [0, 0.05) is 51.2 Å². The average molecular weight is 718 g/mol. The van der Waals surface area contributed by atoms with E-state index < -0.39 is 11.2 Å². The molecule has 1 N–H and O–H groups in total. The van der Waals surface area contributed by atoms with Gasteiger partial charge in [-0.15, -0.1) is 0 Å². The number of fused-ring (bicyclic) bond motifs is 1. The van der Waals surface area contributed by atoms with E-state index in [1.807, 2.05) is 116 Å². The molecule has 0 unspecified atom stereocenters. The number of rotatable bonds is 10. The smallest absolute Gasteiger partial charge is 0.410 e. The molecule has 278 valence electrons. The second kappa shape index (κ2) is 15.6. The molecule has 4 heterocycles. The second-order valence-electron chi connectivity index (χ2n) is 15.5. The number of hydrogen-bond donors (Lipinski definition) is 1. The highest BCUT2D eigenvalue weighted by atomic mass is 16.6. The third kappa shape index (κ3) is 8.83. The predicted molar refractivity (Wildman–Crippen MR) is 206 cm³/mol. The summed E-state index contributed by atoms with van der Waals surface area (Å²) < 4.78 is 19.9. The van der Waals surface area contributed by atoms with Crippen molar-refractivity contribution in [2.24, 2.45) is 13.0 Å². The highest BCUT2D eigenvalue weighted by Crippen LogP contribution is 2.39. The zero-order chi connectivity index (χ0) is 37.0. The number of piperidine rings is 2. The van der Waals surface area contributed by atoms with Crippen LogP contribution in [0.5, 0.6) is 11.8 Å². The van der Waals surface area contributed by atoms with Crippen molar-refractivity contribution in [3.8, 4) is 23.0 Å². The second-order valence-corrected chi connectivity index (χ2v) is 15.5. The lowest BCUT2D eigenvalue weighted by molar-refractivity contribution is -0.0313. The number of carbonyl (C=O) groups excluding carboxylic acids is 1. The first-order chi connectivity index (χ1) is 25.5. The highest BCUT2D eigenvalue weighted by molar-refractivity contribution is 5.95. The van der Waals surface area contributed by atoms with Crippen LogP contribution in [0.1, 0.15) is 63.1 Å². The molecule has 0 aliphatic carbocycles. The zero-order valence-corrected chi connectivity index (χ0v) is 31.3. The molecule has 2 aliphatic rings. The number of nitrogens with zero attached hydrogens (tertiary/aromatic N) is 5. The normalized spacial score (nSPS) is 16.8. The Morgan fingerprint density at radius 3 is 2.13 bits per heavy atom. The Morgan fingerprint density at radius 2 is 1.49 bits per heavy atom. The number of carbonyl (C=O) groups is 1. The van der Waals surface area contributed by atoms with Gasteiger partial charge in [0.05, 0.1) is 16.7 Å². The SMILES string of the molecule is Cn1nc(-c2ccc(OCc3ccccc3)nc2OCc2ccccc2)c2ccc(C3(O)CCN(CC4CCN(C(=O)OC(C)(C)C)CC4)CC3)cc21. The van der Waals surface area contributed by atoms with Crippen LogP contribution in [-0.2, 0) is 30.6 Å². The number of aliphatic hydroxyl groups is 1. The summed E-state index contributed by atoms with van der Waals surface area (Å²) in [5, 5.41) is 17.9. The molecule has 2 aliphatic heterocycles. The lowest BCUT2D eigenvalue weighted by atomic mass is 9.83. The van der Waals surface area contributed by atoms with Gasteiger partial charge in [-0.3, -0.25) is 4.68 Å². The molecule has 0 spiro atoms. The van der Waals surface area contributed by atoms with Crippen molar-refractivity contribution in [2.45, 2.75) is 70.9 Å². The van der Waals surface area contributed by atoms with Gasteiger partial charge in [-0.2, -0.15) is 10.1 Å². The maximum Gasteiger partial charge on any atom is 0.410 e. The number of amides is 1. The van der Waals surface area contributed by atoms with Gasteiger partial charge in [-0.1, -0.05) is 72.8 Å². The van der Waals surface area contributed by atoms with E-state index >= 15 is 0 Å². The maximum atomic E-state index is 12.5. The van der Waals surface area contributed by atoms with Gasteiger partial charge in [0.25, 0.3) is 0 Å². The van der Waals surface area contributed by atoms with Crippen LogP contribution >= 0.6 is 0 Å². The average Bonchev–Trinajstić information content (AvgIpc) is 3.49. The first-order valence-electron chi connectivity index (χ1n) is 18.8. The molecule has 3 aromatic carbocycles. The molecule has 0 bridgehead atoms. The molecule has 10 nitrogen and oxygen atoms in total. The molecular weight excluding hydrogens is 667 g/mol. The van der Waals surface area contributed by atoms with Crippen LogP contribution < -0.4 is 9.47 Å². The number of hydrogen-bond acceptors (Lipinski definition) is 8. The van der Waals surface area contributed by atoms with E-state index in [1.54, 1.807) is 0 Å². The van der Waals surface area contributed by atoms with Gasteiger partial charge >= 0.3 is 6.09 Å². The molecule has 1 amide bonds. The minimum absolute atomic E-state index is 0.216. The lowest BCUT2D eigenvalue weighted by Crippen LogP contribution is -2.47. The Balaban J connectivity index is 1.04. The molecule has 2 saturated heterocycles. The summed E-state index contributed by atoms with van der Waals surface area (Å²) in [5.41, 5.74) is 4.07. The summed E-state index contributed by atoms with van der Waals surface area (Å²) in [5.74, 6) is 1.46. The summed E-state index contributed by atoms with van der Waals surface area (Å²) in [6.45, 7) is 10.6. The quantitative estimate of drug-likeness (QED) is 0.157. The van der Waals surface area contributed by atoms with Crippen LogP contribution in [-0.4, -0.2) is 74.1 Å². The van der Waals surface area contributed by atoms with Crippen molar-refractivity contribution in [1.29, 1.82) is 0 Å². The Morgan fingerprint density at radius 1 is 0.849 bits per heavy atom. The molecular formula is C43H51N5O5. The molecule has 5 aromatic rings. The van der Waals surface area contributed by atoms with E-state index in [1.165, 1.54) is 0 Å². The van der Waals surface area contributed by atoms with Gasteiger partial charge in [-0.25, -0.2) is 4.79 Å². The van der Waals surface area contributed by atoms with Crippen molar-refractivity contribution in [2.75, 3.05) is 32.7 Å². The molecule has 2 aromatic heterocycles. The summed E-state index contributed by atoms with van der Waals surface area (Å²) in [7, 11) is 1.94. The first-order valence-corrected chi connectivity index (χ1v) is 18.8. The summed E-state index contributed by atoms with van der Waals surface area (Å²) in [4.78, 5) is 21.6. The van der Waals surface area contributed by atoms with Crippen LogP contribution in [0.2, 0.25) is 0 Å². The summed E-state index contributed by atoms with van der Waals surface area (Å²) in [6, 6.07) is 30.1. The number of aromatic nitrogens is 3. The molecule has 0 saturated carbocycles. The van der Waals surface area contributed by atoms with E-state index in [-0.39, 0.29) is 6.09 Å². The zero-order valence-electron chi connectivity index (χ0n) is 31.3. The number of likely N-dealkylation sites (tertiary alicyclic amines) is 2. The molecule has 2 fully saturated rings.